The van der Waals surface area contributed by atoms with Gasteiger partial charge in [0.2, 0.25) is 5.78 Å². The summed E-state index contributed by atoms with van der Waals surface area (Å²) < 4.78 is 5.32. The first-order valence-electron chi connectivity index (χ1n) is 10.7. The van der Waals surface area contributed by atoms with Crippen LogP contribution in [0.25, 0.3) is 10.9 Å². The molecule has 1 aromatic heterocycles. The SMILES string of the molecule is Cc1[nH]c2ccccc2c1C(=O)[C@@H](C)OC(=O)CN1C(=O)N[C@@]2(CCCC[C@@H]2C)C1=O. The highest BCUT2D eigenvalue weighted by molar-refractivity contribution is 6.12. The van der Waals surface area contributed by atoms with Gasteiger partial charge in [-0.25, -0.2) is 4.79 Å². The summed E-state index contributed by atoms with van der Waals surface area (Å²) in [7, 11) is 0. The average Bonchev–Trinajstić information content (AvgIpc) is 3.18. The minimum atomic E-state index is -1.05. The molecule has 8 heteroatoms. The summed E-state index contributed by atoms with van der Waals surface area (Å²) >= 11 is 0. The van der Waals surface area contributed by atoms with Crippen LogP contribution in [0.5, 0.6) is 0 Å². The Hall–Kier alpha value is -3.16. The molecule has 0 unspecified atom stereocenters. The zero-order valence-electron chi connectivity index (χ0n) is 18.0. The number of nitrogens with one attached hydrogen (secondary N) is 2. The predicted molar refractivity (Wildman–Crippen MR) is 114 cm³/mol. The Morgan fingerprint density at radius 1 is 1.26 bits per heavy atom. The lowest BCUT2D eigenvalue weighted by Crippen LogP contribution is -2.54. The van der Waals surface area contributed by atoms with Gasteiger partial charge in [-0.05, 0) is 38.7 Å². The Bertz CT molecular complexity index is 1070. The maximum atomic E-state index is 13.0. The van der Waals surface area contributed by atoms with Gasteiger partial charge in [0.25, 0.3) is 5.91 Å². The zero-order chi connectivity index (χ0) is 22.3. The monoisotopic (exact) mass is 425 g/mol. The number of benzene rings is 1. The number of aromatic amines is 1. The quantitative estimate of drug-likeness (QED) is 0.435. The van der Waals surface area contributed by atoms with Crippen molar-refractivity contribution >= 4 is 34.6 Å². The summed E-state index contributed by atoms with van der Waals surface area (Å²) in [5, 5.41) is 3.57. The van der Waals surface area contributed by atoms with E-state index in [9.17, 15) is 19.2 Å². The van der Waals surface area contributed by atoms with E-state index in [-0.39, 0.29) is 17.6 Å². The van der Waals surface area contributed by atoms with Crippen LogP contribution in [0.2, 0.25) is 0 Å². The molecular weight excluding hydrogens is 398 g/mol. The van der Waals surface area contributed by atoms with Gasteiger partial charge < -0.3 is 15.0 Å². The molecule has 8 nitrogen and oxygen atoms in total. The number of imide groups is 1. The molecule has 1 saturated heterocycles. The molecule has 2 aliphatic rings. The number of fused-ring (bicyclic) bond motifs is 1. The number of aromatic nitrogens is 1. The number of para-hydroxylation sites is 1. The molecule has 3 amide bonds. The molecule has 1 aliphatic heterocycles. The summed E-state index contributed by atoms with van der Waals surface area (Å²) in [4.78, 5) is 55.0. The lowest BCUT2D eigenvalue weighted by Gasteiger charge is -2.36. The fraction of sp³-hybridized carbons (Fsp3) is 0.478. The van der Waals surface area contributed by atoms with Gasteiger partial charge in [-0.15, -0.1) is 0 Å². The van der Waals surface area contributed by atoms with Gasteiger partial charge in [-0.1, -0.05) is 38.0 Å². The second kappa shape index (κ2) is 7.83. The van der Waals surface area contributed by atoms with E-state index in [1.807, 2.05) is 31.2 Å². The second-order valence-electron chi connectivity index (χ2n) is 8.61. The van der Waals surface area contributed by atoms with Crippen LogP contribution in [0.15, 0.2) is 24.3 Å². The van der Waals surface area contributed by atoms with E-state index in [2.05, 4.69) is 10.3 Å². The van der Waals surface area contributed by atoms with Gasteiger partial charge in [-0.3, -0.25) is 19.3 Å². The van der Waals surface area contributed by atoms with Crippen molar-refractivity contribution in [3.05, 3.63) is 35.5 Å². The average molecular weight is 425 g/mol. The van der Waals surface area contributed by atoms with E-state index in [1.54, 1.807) is 6.92 Å². The normalized spacial score (nSPS) is 24.5. The number of hydrogen-bond acceptors (Lipinski definition) is 5. The Balaban J connectivity index is 1.45. The Morgan fingerprint density at radius 3 is 2.74 bits per heavy atom. The van der Waals surface area contributed by atoms with Crippen LogP contribution in [-0.2, 0) is 14.3 Å². The zero-order valence-corrected chi connectivity index (χ0v) is 18.0. The number of Topliss-reactive ketones (excluding diaryl/α,β-unsaturated/α-hetero) is 1. The summed E-state index contributed by atoms with van der Waals surface area (Å²) in [5.41, 5.74) is 1.06. The van der Waals surface area contributed by atoms with E-state index >= 15 is 0 Å². The highest BCUT2D eigenvalue weighted by Crippen LogP contribution is 2.38. The van der Waals surface area contributed by atoms with Crippen molar-refractivity contribution in [3.63, 3.8) is 0 Å². The van der Waals surface area contributed by atoms with Gasteiger partial charge in [0, 0.05) is 22.2 Å². The minimum absolute atomic E-state index is 0.00377. The highest BCUT2D eigenvalue weighted by atomic mass is 16.5. The number of ether oxygens (including phenoxy) is 1. The van der Waals surface area contributed by atoms with E-state index in [1.165, 1.54) is 6.92 Å². The number of amides is 3. The Morgan fingerprint density at radius 2 is 2.00 bits per heavy atom. The van der Waals surface area contributed by atoms with Crippen molar-refractivity contribution < 1.29 is 23.9 Å². The number of carbonyl (C=O) groups is 4. The van der Waals surface area contributed by atoms with Crippen LogP contribution in [0, 0.1) is 12.8 Å². The number of nitrogens with zero attached hydrogens (tertiary/aromatic N) is 1. The van der Waals surface area contributed by atoms with Crippen molar-refractivity contribution in [3.8, 4) is 0 Å². The number of urea groups is 1. The molecule has 3 atom stereocenters. The predicted octanol–water partition coefficient (Wildman–Crippen LogP) is 3.09. The number of aryl methyl sites for hydroxylation is 1. The maximum absolute atomic E-state index is 13.0. The third kappa shape index (κ3) is 3.49. The van der Waals surface area contributed by atoms with Crippen LogP contribution in [0.4, 0.5) is 4.79 Å². The van der Waals surface area contributed by atoms with E-state index in [0.29, 0.717) is 17.7 Å². The molecule has 1 spiro atoms. The Kier molecular flexibility index (Phi) is 5.33. The molecule has 1 aromatic carbocycles. The summed E-state index contributed by atoms with van der Waals surface area (Å²) in [6, 6.07) is 6.83. The number of ketones is 1. The van der Waals surface area contributed by atoms with Crippen LogP contribution >= 0.6 is 0 Å². The van der Waals surface area contributed by atoms with E-state index in [0.717, 1.165) is 35.1 Å². The molecule has 2 heterocycles. The first-order chi connectivity index (χ1) is 14.7. The number of rotatable bonds is 5. The molecule has 2 N–H and O–H groups in total. The highest BCUT2D eigenvalue weighted by Gasteiger charge is 2.55. The summed E-state index contributed by atoms with van der Waals surface area (Å²) in [5.74, 6) is -1.50. The second-order valence-corrected chi connectivity index (χ2v) is 8.61. The molecule has 2 aromatic rings. The van der Waals surface area contributed by atoms with Crippen molar-refractivity contribution in [1.29, 1.82) is 0 Å². The lowest BCUT2D eigenvalue weighted by molar-refractivity contribution is -0.150. The van der Waals surface area contributed by atoms with Crippen LogP contribution in [-0.4, -0.2) is 51.8 Å². The minimum Gasteiger partial charge on any atom is -0.453 e. The van der Waals surface area contributed by atoms with Crippen molar-refractivity contribution in [2.24, 2.45) is 5.92 Å². The van der Waals surface area contributed by atoms with Crippen molar-refractivity contribution in [2.45, 2.75) is 58.1 Å². The van der Waals surface area contributed by atoms with Crippen LogP contribution < -0.4 is 5.32 Å². The molecule has 31 heavy (non-hydrogen) atoms. The molecule has 1 aliphatic carbocycles. The standard InChI is InChI=1S/C23H27N3O5/c1-13-8-6-7-11-23(13)21(29)26(22(30)25-23)12-18(27)31-15(3)20(28)19-14(2)24-17-10-5-4-9-16(17)19/h4-5,9-10,13,15,24H,6-8,11-12H2,1-3H3,(H,25,30)/t13-,15+,23+/m0/s1. The van der Waals surface area contributed by atoms with Gasteiger partial charge in [-0.2, -0.15) is 0 Å². The summed E-state index contributed by atoms with van der Waals surface area (Å²) in [6.07, 6.45) is 2.23. The van der Waals surface area contributed by atoms with Gasteiger partial charge >= 0.3 is 12.0 Å². The third-order valence-corrected chi connectivity index (χ3v) is 6.61. The number of H-pyrrole nitrogens is 1. The Labute approximate surface area is 180 Å². The van der Waals surface area contributed by atoms with Crippen LogP contribution in [0.1, 0.15) is 55.6 Å². The molecule has 2 fully saturated rings. The molecule has 4 rings (SSSR count). The van der Waals surface area contributed by atoms with Gasteiger partial charge in [0.05, 0.1) is 0 Å². The van der Waals surface area contributed by atoms with E-state index in [4.69, 9.17) is 4.74 Å². The third-order valence-electron chi connectivity index (χ3n) is 6.61. The number of esters is 1. The molecule has 164 valence electrons. The number of hydrogen-bond donors (Lipinski definition) is 2. The fourth-order valence-corrected chi connectivity index (χ4v) is 4.85. The summed E-state index contributed by atoms with van der Waals surface area (Å²) in [6.45, 7) is 4.73. The lowest BCUT2D eigenvalue weighted by atomic mass is 9.73. The molecular formula is C23H27N3O5. The van der Waals surface area contributed by atoms with Crippen LogP contribution in [0.3, 0.4) is 0 Å². The largest absolute Gasteiger partial charge is 0.453 e. The molecule has 1 saturated carbocycles. The first-order valence-corrected chi connectivity index (χ1v) is 10.7. The maximum Gasteiger partial charge on any atom is 0.326 e. The fourth-order valence-electron chi connectivity index (χ4n) is 4.85. The van der Waals surface area contributed by atoms with E-state index < -0.39 is 30.2 Å². The van der Waals surface area contributed by atoms with Gasteiger partial charge in [0.15, 0.2) is 6.10 Å². The smallest absolute Gasteiger partial charge is 0.326 e. The molecule has 0 radical (unpaired) electrons. The first kappa shape index (κ1) is 21.1. The van der Waals surface area contributed by atoms with Crippen molar-refractivity contribution in [2.75, 3.05) is 6.54 Å². The number of carbonyl (C=O) groups excluding carboxylic acids is 4. The molecule has 0 bridgehead atoms. The van der Waals surface area contributed by atoms with Gasteiger partial charge in [0.1, 0.15) is 12.1 Å². The van der Waals surface area contributed by atoms with Crippen molar-refractivity contribution in [1.82, 2.24) is 15.2 Å². The topological polar surface area (TPSA) is 109 Å².